The zero-order valence-corrected chi connectivity index (χ0v) is 29.6. The monoisotopic (exact) mass is 707 g/mol. The molecule has 2 aromatic rings. The van der Waals surface area contributed by atoms with Crippen LogP contribution in [0.25, 0.3) is 6.08 Å². The van der Waals surface area contributed by atoms with Crippen molar-refractivity contribution in [3.05, 3.63) is 59.2 Å². The summed E-state index contributed by atoms with van der Waals surface area (Å²) in [6.45, 7) is 0.974. The first-order chi connectivity index (χ1) is 24.0. The number of rotatable bonds is 19. The minimum atomic E-state index is -0.560. The lowest BCUT2D eigenvalue weighted by Gasteiger charge is -2.16. The smallest absolute Gasteiger partial charge is 0.339 e. The number of esters is 1. The van der Waals surface area contributed by atoms with E-state index in [1.807, 2.05) is 36.8 Å². The van der Waals surface area contributed by atoms with Crippen molar-refractivity contribution in [3.63, 3.8) is 0 Å². The Bertz CT molecular complexity index is 1550. The molecule has 2 heterocycles. The fourth-order valence-corrected chi connectivity index (χ4v) is 7.36. The molecular formula is C36H49N7O6S. The number of fused-ring (bicyclic) bond motifs is 1. The van der Waals surface area contributed by atoms with Gasteiger partial charge in [0.05, 0.1) is 12.1 Å². The summed E-state index contributed by atoms with van der Waals surface area (Å²) in [6, 6.07) is 11.8. The third-order valence-corrected chi connectivity index (χ3v) is 10.2. The van der Waals surface area contributed by atoms with E-state index in [0.717, 1.165) is 24.3 Å². The van der Waals surface area contributed by atoms with Crippen LogP contribution in [-0.4, -0.2) is 85.0 Å². The third kappa shape index (κ3) is 11.7. The van der Waals surface area contributed by atoms with Crippen molar-refractivity contribution in [3.8, 4) is 11.5 Å². The second-order valence-electron chi connectivity index (χ2n) is 12.8. The van der Waals surface area contributed by atoms with Gasteiger partial charge in [0.2, 0.25) is 11.8 Å². The Balaban J connectivity index is 1.13. The van der Waals surface area contributed by atoms with E-state index in [1.54, 1.807) is 42.5 Å². The molecule has 0 aromatic heterocycles. The molecule has 13 nitrogen and oxygen atoms in total. The Morgan fingerprint density at radius 3 is 2.28 bits per heavy atom. The molecule has 0 radical (unpaired) electrons. The Morgan fingerprint density at radius 2 is 1.64 bits per heavy atom. The maximum absolute atomic E-state index is 13.2. The number of carbonyl (C=O) groups is 4. The molecule has 2 saturated heterocycles. The van der Waals surface area contributed by atoms with Gasteiger partial charge in [0.25, 0.3) is 0 Å². The number of thioether (sulfide) groups is 1. The number of nitrogens with one attached hydrogen (secondary N) is 5. The summed E-state index contributed by atoms with van der Waals surface area (Å²) < 4.78 is 5.60. The van der Waals surface area contributed by atoms with Gasteiger partial charge in [0, 0.05) is 79.5 Å². The Hall–Kier alpha value is -4.72. The number of ether oxygens (including phenoxy) is 1. The van der Waals surface area contributed by atoms with Crippen LogP contribution >= 0.6 is 11.8 Å². The SMILES string of the molecule is CN(C)c1ccc(/C=C(\CCCCNC(=O)CCCCNC(=O)CCCC2SCC3NC(=O)NC32)C(=O)Oc2ccc(C(=N)N)cc2)c(O)c1. The number of anilines is 1. The highest BCUT2D eigenvalue weighted by Gasteiger charge is 2.42. The van der Waals surface area contributed by atoms with E-state index in [0.29, 0.717) is 85.7 Å². The van der Waals surface area contributed by atoms with Crippen LogP contribution in [-0.2, 0) is 14.4 Å². The average Bonchev–Trinajstić information content (AvgIpc) is 3.63. The summed E-state index contributed by atoms with van der Waals surface area (Å²) in [5.74, 6) is 0.545. The molecule has 0 spiro atoms. The lowest BCUT2D eigenvalue weighted by atomic mass is 10.0. The quantitative estimate of drug-likeness (QED) is 0.0217. The molecule has 8 N–H and O–H groups in total. The highest BCUT2D eigenvalue weighted by Crippen LogP contribution is 2.33. The summed E-state index contributed by atoms with van der Waals surface area (Å²) in [5, 5.41) is 30.3. The molecule has 2 aliphatic heterocycles. The Morgan fingerprint density at radius 1 is 0.980 bits per heavy atom. The molecule has 0 bridgehead atoms. The van der Waals surface area contributed by atoms with Crippen molar-refractivity contribution >= 4 is 53.2 Å². The molecule has 2 aromatic carbocycles. The van der Waals surface area contributed by atoms with Crippen LogP contribution in [0.15, 0.2) is 48.0 Å². The lowest BCUT2D eigenvalue weighted by Crippen LogP contribution is -2.37. The number of unbranched alkanes of at least 4 members (excludes halogenated alkanes) is 2. The number of hydrogen-bond acceptors (Lipinski definition) is 9. The highest BCUT2D eigenvalue weighted by molar-refractivity contribution is 8.00. The van der Waals surface area contributed by atoms with E-state index in [-0.39, 0.29) is 41.5 Å². The number of amides is 4. The van der Waals surface area contributed by atoms with Gasteiger partial charge in [-0.15, -0.1) is 0 Å². The minimum absolute atomic E-state index is 0.00607. The number of nitrogens with two attached hydrogens (primary N) is 1. The fraction of sp³-hybridized carbons (Fsp3) is 0.472. The van der Waals surface area contributed by atoms with E-state index in [4.69, 9.17) is 15.9 Å². The molecule has 0 saturated carbocycles. The molecule has 2 fully saturated rings. The number of nitrogens with zero attached hydrogens (tertiary/aromatic N) is 1. The number of carbonyl (C=O) groups excluding carboxylic acids is 4. The van der Waals surface area contributed by atoms with Crippen LogP contribution in [0.5, 0.6) is 11.5 Å². The molecule has 4 amide bonds. The van der Waals surface area contributed by atoms with Crippen LogP contribution < -0.4 is 36.6 Å². The normalized spacial score (nSPS) is 18.1. The van der Waals surface area contributed by atoms with Gasteiger partial charge in [-0.1, -0.05) is 0 Å². The first-order valence-electron chi connectivity index (χ1n) is 17.1. The van der Waals surface area contributed by atoms with Crippen molar-refractivity contribution in [2.24, 2.45) is 5.73 Å². The van der Waals surface area contributed by atoms with E-state index >= 15 is 0 Å². The molecule has 0 aliphatic carbocycles. The largest absolute Gasteiger partial charge is 0.507 e. The maximum atomic E-state index is 13.2. The van der Waals surface area contributed by atoms with Crippen LogP contribution in [0, 0.1) is 5.41 Å². The average molecular weight is 708 g/mol. The number of hydrogen-bond donors (Lipinski definition) is 7. The van der Waals surface area contributed by atoms with Gasteiger partial charge in [-0.05, 0) is 87.4 Å². The second kappa shape index (κ2) is 18.9. The van der Waals surface area contributed by atoms with E-state index in [2.05, 4.69) is 21.3 Å². The molecule has 14 heteroatoms. The number of aromatic hydroxyl groups is 1. The minimum Gasteiger partial charge on any atom is -0.507 e. The van der Waals surface area contributed by atoms with Gasteiger partial charge in [0.15, 0.2) is 0 Å². The first-order valence-corrected chi connectivity index (χ1v) is 18.1. The predicted octanol–water partition coefficient (Wildman–Crippen LogP) is 3.64. The summed E-state index contributed by atoms with van der Waals surface area (Å²) in [5.41, 5.74) is 7.70. The molecule has 4 rings (SSSR count). The number of phenolic OH excluding ortho intramolecular Hbond substituents is 1. The van der Waals surface area contributed by atoms with Crippen molar-refractivity contribution < 1.29 is 29.0 Å². The zero-order valence-electron chi connectivity index (χ0n) is 28.8. The standard InChI is InChI=1S/C36H49N7O6S/c1-43(2)26-15-12-24(29(44)21-26)20-25(35(47)49-27-16-13-23(14-17-27)34(37)38)8-3-5-18-39-31(45)10-4-6-19-40-32(46)11-7-9-30-33-28(22-50-30)41-36(48)42-33/h12-17,20-21,28,30,33,44H,3-11,18-19,22H2,1-2H3,(H3,37,38)(H,39,45)(H,40,46)(H2,41,42,48)/b25-20+. The number of phenols is 1. The summed E-state index contributed by atoms with van der Waals surface area (Å²) in [4.78, 5) is 51.2. The molecule has 2 aliphatic rings. The van der Waals surface area contributed by atoms with Crippen LogP contribution in [0.2, 0.25) is 0 Å². The molecule has 50 heavy (non-hydrogen) atoms. The Kier molecular flexibility index (Phi) is 14.4. The van der Waals surface area contributed by atoms with E-state index in [9.17, 15) is 24.3 Å². The number of nitrogen functional groups attached to an aromatic ring is 1. The molecule has 3 atom stereocenters. The van der Waals surface area contributed by atoms with E-state index < -0.39 is 5.97 Å². The predicted molar refractivity (Wildman–Crippen MR) is 197 cm³/mol. The van der Waals surface area contributed by atoms with Crippen molar-refractivity contribution in [1.82, 2.24) is 21.3 Å². The lowest BCUT2D eigenvalue weighted by molar-refractivity contribution is -0.130. The van der Waals surface area contributed by atoms with Crippen molar-refractivity contribution in [2.75, 3.05) is 37.8 Å². The van der Waals surface area contributed by atoms with Gasteiger partial charge in [-0.2, -0.15) is 11.8 Å². The van der Waals surface area contributed by atoms with Crippen LogP contribution in [0.1, 0.15) is 68.9 Å². The maximum Gasteiger partial charge on any atom is 0.339 e. The van der Waals surface area contributed by atoms with Gasteiger partial charge in [-0.25, -0.2) is 9.59 Å². The molecule has 270 valence electrons. The molecular weight excluding hydrogens is 659 g/mol. The number of amidine groups is 1. The Labute approximate surface area is 297 Å². The van der Waals surface area contributed by atoms with Gasteiger partial charge < -0.3 is 41.7 Å². The first kappa shape index (κ1) is 38.1. The van der Waals surface area contributed by atoms with Gasteiger partial charge in [-0.3, -0.25) is 15.0 Å². The topological polar surface area (TPSA) is 199 Å². The van der Waals surface area contributed by atoms with Gasteiger partial charge in [0.1, 0.15) is 17.3 Å². The highest BCUT2D eigenvalue weighted by atomic mass is 32.2. The summed E-state index contributed by atoms with van der Waals surface area (Å²) in [7, 11) is 3.74. The van der Waals surface area contributed by atoms with Crippen molar-refractivity contribution in [2.45, 2.75) is 75.1 Å². The summed E-state index contributed by atoms with van der Waals surface area (Å²) >= 11 is 1.84. The van der Waals surface area contributed by atoms with Crippen LogP contribution in [0.3, 0.4) is 0 Å². The third-order valence-electron chi connectivity index (χ3n) is 8.68. The fourth-order valence-electron chi connectivity index (χ4n) is 5.82. The van der Waals surface area contributed by atoms with Crippen molar-refractivity contribution in [1.29, 1.82) is 5.41 Å². The number of benzene rings is 2. The zero-order chi connectivity index (χ0) is 36.0. The summed E-state index contributed by atoms with van der Waals surface area (Å²) in [6.07, 6.45) is 7.04. The number of urea groups is 1. The van der Waals surface area contributed by atoms with Gasteiger partial charge >= 0.3 is 12.0 Å². The second-order valence-corrected chi connectivity index (χ2v) is 14.0. The van der Waals surface area contributed by atoms with E-state index in [1.165, 1.54) is 0 Å². The molecule has 3 unspecified atom stereocenters. The van der Waals surface area contributed by atoms with Crippen LogP contribution in [0.4, 0.5) is 10.5 Å².